The molecule has 0 aliphatic rings. The van der Waals surface area contributed by atoms with Crippen molar-refractivity contribution in [3.63, 3.8) is 0 Å². The van der Waals surface area contributed by atoms with Crippen LogP contribution in [-0.2, 0) is 6.18 Å². The molecule has 1 heterocycles. The Balaban J connectivity index is 1.58. The second-order valence-electron chi connectivity index (χ2n) is 6.78. The smallest absolute Gasteiger partial charge is 0.431 e. The van der Waals surface area contributed by atoms with Crippen molar-refractivity contribution in [2.24, 2.45) is 0 Å². The van der Waals surface area contributed by atoms with Crippen LogP contribution in [0.2, 0.25) is 0 Å². The van der Waals surface area contributed by atoms with E-state index in [2.05, 4.69) is 10.3 Å². The van der Waals surface area contributed by atoms with Crippen molar-refractivity contribution in [2.75, 3.05) is 5.32 Å². The number of alkyl halides is 3. The lowest BCUT2D eigenvalue weighted by Gasteiger charge is -2.06. The first-order chi connectivity index (χ1) is 15.3. The second-order valence-corrected chi connectivity index (χ2v) is 6.78. The molecule has 0 saturated carbocycles. The zero-order chi connectivity index (χ0) is 22.7. The molecule has 0 aliphatic carbocycles. The molecule has 0 spiro atoms. The molecule has 0 aliphatic heterocycles. The van der Waals surface area contributed by atoms with Gasteiger partial charge in [0.2, 0.25) is 11.7 Å². The third-order valence-electron chi connectivity index (χ3n) is 4.60. The highest BCUT2D eigenvalue weighted by Gasteiger charge is 2.40. The number of nitriles is 1. The van der Waals surface area contributed by atoms with Gasteiger partial charge >= 0.3 is 6.18 Å². The van der Waals surface area contributed by atoms with Gasteiger partial charge < -0.3 is 9.73 Å². The summed E-state index contributed by atoms with van der Waals surface area (Å²) in [7, 11) is 0. The topological polar surface area (TPSA) is 78.9 Å². The predicted octanol–water partition coefficient (Wildman–Crippen LogP) is 6.15. The van der Waals surface area contributed by atoms with Crippen molar-refractivity contribution in [3.8, 4) is 28.8 Å². The lowest BCUT2D eigenvalue weighted by atomic mass is 10.1. The molecule has 1 N–H and O–H groups in total. The molecule has 0 fully saturated rings. The quantitative estimate of drug-likeness (QED) is 0.419. The molecule has 0 radical (unpaired) electrons. The first-order valence-electron chi connectivity index (χ1n) is 9.40. The Morgan fingerprint density at radius 3 is 2.16 bits per heavy atom. The second kappa shape index (κ2) is 8.40. The number of oxazole rings is 1. The summed E-state index contributed by atoms with van der Waals surface area (Å²) < 4.78 is 45.5. The zero-order valence-electron chi connectivity index (χ0n) is 16.4. The van der Waals surface area contributed by atoms with Gasteiger partial charge in [0.1, 0.15) is 5.69 Å². The fourth-order valence-corrected chi connectivity index (χ4v) is 3.02. The minimum Gasteiger partial charge on any atom is -0.431 e. The van der Waals surface area contributed by atoms with Crippen LogP contribution in [0, 0.1) is 11.3 Å². The minimum absolute atomic E-state index is 0.179. The number of rotatable bonds is 4. The van der Waals surface area contributed by atoms with E-state index in [0.717, 1.165) is 0 Å². The minimum atomic E-state index is -4.70. The maximum Gasteiger partial charge on any atom is 0.451 e. The van der Waals surface area contributed by atoms with Crippen molar-refractivity contribution in [2.45, 2.75) is 6.18 Å². The average Bonchev–Trinajstić information content (AvgIpc) is 3.26. The molecule has 0 atom stereocenters. The van der Waals surface area contributed by atoms with Crippen molar-refractivity contribution >= 4 is 11.6 Å². The lowest BCUT2D eigenvalue weighted by Crippen LogP contribution is -2.11. The van der Waals surface area contributed by atoms with Crippen LogP contribution in [0.15, 0.2) is 83.3 Å². The van der Waals surface area contributed by atoms with Gasteiger partial charge in [-0.05, 0) is 48.5 Å². The standard InChI is InChI=1S/C24H14F3N3O2/c25-24(26,27)21-20(16-4-2-1-3-5-16)30-23(32-21)18-10-12-19(13-11-18)29-22(31)17-8-6-15(14-28)7-9-17/h1-13H,(H,29,31). The van der Waals surface area contributed by atoms with Crippen LogP contribution in [0.5, 0.6) is 0 Å². The van der Waals surface area contributed by atoms with Gasteiger partial charge in [0.05, 0.1) is 11.6 Å². The van der Waals surface area contributed by atoms with Crippen molar-refractivity contribution in [3.05, 3.63) is 95.7 Å². The van der Waals surface area contributed by atoms with Gasteiger partial charge in [-0.15, -0.1) is 0 Å². The number of carbonyl (C=O) groups is 1. The summed E-state index contributed by atoms with van der Waals surface area (Å²) in [5.41, 5.74) is 1.57. The summed E-state index contributed by atoms with van der Waals surface area (Å²) in [6.07, 6.45) is -4.70. The molecule has 1 amide bonds. The molecule has 0 saturated heterocycles. The SMILES string of the molecule is N#Cc1ccc(C(=O)Nc2ccc(-c3nc(-c4ccccc4)c(C(F)(F)F)o3)cc2)cc1. The number of aromatic nitrogens is 1. The maximum atomic E-state index is 13.5. The molecule has 4 aromatic rings. The molecule has 5 nitrogen and oxygen atoms in total. The van der Waals surface area contributed by atoms with E-state index in [-0.39, 0.29) is 17.5 Å². The summed E-state index contributed by atoms with van der Waals surface area (Å²) in [6, 6.07) is 22.2. The normalized spacial score (nSPS) is 11.1. The van der Waals surface area contributed by atoms with E-state index in [1.165, 1.54) is 60.7 Å². The molecule has 1 aromatic heterocycles. The van der Waals surface area contributed by atoms with Crippen LogP contribution in [0.3, 0.4) is 0 Å². The maximum absolute atomic E-state index is 13.5. The van der Waals surface area contributed by atoms with E-state index in [9.17, 15) is 18.0 Å². The van der Waals surface area contributed by atoms with E-state index in [0.29, 0.717) is 27.9 Å². The van der Waals surface area contributed by atoms with Crippen LogP contribution in [0.25, 0.3) is 22.7 Å². The van der Waals surface area contributed by atoms with Crippen LogP contribution in [0.1, 0.15) is 21.7 Å². The number of benzene rings is 3. The highest BCUT2D eigenvalue weighted by Crippen LogP contribution is 2.39. The number of carbonyl (C=O) groups excluding carboxylic acids is 1. The van der Waals surface area contributed by atoms with Gasteiger partial charge in [-0.25, -0.2) is 4.98 Å². The molecule has 8 heteroatoms. The van der Waals surface area contributed by atoms with Gasteiger partial charge in [0.25, 0.3) is 5.91 Å². The largest absolute Gasteiger partial charge is 0.451 e. The van der Waals surface area contributed by atoms with E-state index in [1.54, 1.807) is 18.2 Å². The van der Waals surface area contributed by atoms with Gasteiger partial charge in [0.15, 0.2) is 0 Å². The number of nitrogens with one attached hydrogen (secondary N) is 1. The number of halogens is 3. The first kappa shape index (κ1) is 20.9. The molecule has 32 heavy (non-hydrogen) atoms. The molecular formula is C24H14F3N3O2. The Hall–Kier alpha value is -4.38. The summed E-state index contributed by atoms with van der Waals surface area (Å²) in [5.74, 6) is -1.73. The lowest BCUT2D eigenvalue weighted by molar-refractivity contribution is -0.152. The van der Waals surface area contributed by atoms with Crippen LogP contribution >= 0.6 is 0 Å². The highest BCUT2D eigenvalue weighted by molar-refractivity contribution is 6.04. The van der Waals surface area contributed by atoms with E-state index in [1.807, 2.05) is 6.07 Å². The third kappa shape index (κ3) is 4.37. The van der Waals surface area contributed by atoms with Crippen molar-refractivity contribution in [1.29, 1.82) is 5.26 Å². The zero-order valence-corrected chi connectivity index (χ0v) is 16.4. The van der Waals surface area contributed by atoms with E-state index in [4.69, 9.17) is 9.68 Å². The van der Waals surface area contributed by atoms with E-state index < -0.39 is 11.9 Å². The number of amides is 1. The van der Waals surface area contributed by atoms with Gasteiger partial charge in [-0.3, -0.25) is 4.79 Å². The van der Waals surface area contributed by atoms with Crippen LogP contribution in [0.4, 0.5) is 18.9 Å². The number of hydrogen-bond donors (Lipinski definition) is 1. The number of anilines is 1. The molecule has 158 valence electrons. The highest BCUT2D eigenvalue weighted by atomic mass is 19.4. The summed E-state index contributed by atoms with van der Waals surface area (Å²) in [4.78, 5) is 16.4. The molecule has 3 aromatic carbocycles. The Labute approximate surface area is 180 Å². The molecule has 4 rings (SSSR count). The Kier molecular flexibility index (Phi) is 5.48. The predicted molar refractivity (Wildman–Crippen MR) is 111 cm³/mol. The number of nitrogens with zero attached hydrogens (tertiary/aromatic N) is 2. The monoisotopic (exact) mass is 433 g/mol. The third-order valence-corrected chi connectivity index (χ3v) is 4.60. The van der Waals surface area contributed by atoms with E-state index >= 15 is 0 Å². The van der Waals surface area contributed by atoms with Crippen molar-refractivity contribution < 1.29 is 22.4 Å². The summed E-state index contributed by atoms with van der Waals surface area (Å²) in [5, 5.41) is 11.5. The van der Waals surface area contributed by atoms with Gasteiger partial charge in [-0.2, -0.15) is 18.4 Å². The fourth-order valence-electron chi connectivity index (χ4n) is 3.02. The Bertz CT molecular complexity index is 1290. The Morgan fingerprint density at radius 1 is 0.906 bits per heavy atom. The van der Waals surface area contributed by atoms with Crippen molar-refractivity contribution in [1.82, 2.24) is 4.98 Å². The van der Waals surface area contributed by atoms with Gasteiger partial charge in [0, 0.05) is 22.4 Å². The number of hydrogen-bond acceptors (Lipinski definition) is 4. The van der Waals surface area contributed by atoms with Crippen LogP contribution in [-0.4, -0.2) is 10.9 Å². The molecule has 0 unspecified atom stereocenters. The van der Waals surface area contributed by atoms with Gasteiger partial charge in [-0.1, -0.05) is 30.3 Å². The summed E-state index contributed by atoms with van der Waals surface area (Å²) >= 11 is 0. The first-order valence-corrected chi connectivity index (χ1v) is 9.40. The fraction of sp³-hybridized carbons (Fsp3) is 0.0417. The Morgan fingerprint density at radius 2 is 1.56 bits per heavy atom. The molecular weight excluding hydrogens is 419 g/mol. The summed E-state index contributed by atoms with van der Waals surface area (Å²) in [6.45, 7) is 0. The molecule has 0 bridgehead atoms. The average molecular weight is 433 g/mol. The van der Waals surface area contributed by atoms with Crippen LogP contribution < -0.4 is 5.32 Å².